The van der Waals surface area contributed by atoms with Crippen LogP contribution in [0, 0.1) is 0 Å². The first-order valence-electron chi connectivity index (χ1n) is 6.97. The molecule has 0 unspecified atom stereocenters. The van der Waals surface area contributed by atoms with Crippen molar-refractivity contribution in [1.82, 2.24) is 9.55 Å². The number of aromatic nitrogens is 2. The van der Waals surface area contributed by atoms with Gasteiger partial charge in [0.15, 0.2) is 0 Å². The molecule has 0 radical (unpaired) electrons. The molecule has 0 fully saturated rings. The molecule has 0 N–H and O–H groups in total. The quantitative estimate of drug-likeness (QED) is 0.684. The predicted octanol–water partition coefficient (Wildman–Crippen LogP) is 2.85. The van der Waals surface area contributed by atoms with Gasteiger partial charge >= 0.3 is 0 Å². The number of hydrogen-bond acceptors (Lipinski definition) is 3. The third kappa shape index (κ3) is 1.88. The monoisotopic (exact) mass is 268 g/mol. The molecule has 4 heteroatoms. The summed E-state index contributed by atoms with van der Waals surface area (Å²) in [5.41, 5.74) is 1.70. The summed E-state index contributed by atoms with van der Waals surface area (Å²) in [6.45, 7) is 2.87. The summed E-state index contributed by atoms with van der Waals surface area (Å²) in [5, 5.41) is 0. The molecule has 0 saturated carbocycles. The first-order chi connectivity index (χ1) is 9.74. The van der Waals surface area contributed by atoms with Crippen LogP contribution in [0.1, 0.15) is 58.3 Å². The minimum atomic E-state index is -0.149. The molecule has 1 aromatic heterocycles. The number of aryl methyl sites for hydroxylation is 1. The molecule has 0 atom stereocenters. The molecule has 0 spiro atoms. The number of fused-ring (bicyclic) bond motifs is 2. The molecule has 1 aromatic carbocycles. The van der Waals surface area contributed by atoms with Gasteiger partial charge in [0, 0.05) is 17.7 Å². The van der Waals surface area contributed by atoms with Gasteiger partial charge in [-0.3, -0.25) is 9.59 Å². The standard InChI is InChI=1S/C16H16N2O2/c1-2-3-6-9-18-10-17-13-14(18)16(20)12-8-5-4-7-11(12)15(13)19/h4-5,7-8,10H,2-3,6,9H2,1H3. The summed E-state index contributed by atoms with van der Waals surface area (Å²) in [6.07, 6.45) is 4.82. The number of benzene rings is 1. The van der Waals surface area contributed by atoms with Gasteiger partial charge in [-0.2, -0.15) is 0 Å². The number of nitrogens with zero attached hydrogens (tertiary/aromatic N) is 2. The smallest absolute Gasteiger partial charge is 0.214 e. The van der Waals surface area contributed by atoms with Crippen molar-refractivity contribution in [2.45, 2.75) is 32.7 Å². The number of hydrogen-bond donors (Lipinski definition) is 0. The predicted molar refractivity (Wildman–Crippen MR) is 75.1 cm³/mol. The van der Waals surface area contributed by atoms with Crippen LogP contribution < -0.4 is 0 Å². The van der Waals surface area contributed by atoms with E-state index in [1.165, 1.54) is 0 Å². The number of rotatable bonds is 4. The first-order valence-corrected chi connectivity index (χ1v) is 6.97. The number of unbranched alkanes of at least 4 members (excludes halogenated alkanes) is 2. The van der Waals surface area contributed by atoms with E-state index in [9.17, 15) is 9.59 Å². The number of imidazole rings is 1. The van der Waals surface area contributed by atoms with Crippen LogP contribution in [0.4, 0.5) is 0 Å². The highest BCUT2D eigenvalue weighted by Crippen LogP contribution is 2.26. The van der Waals surface area contributed by atoms with Crippen LogP contribution in [0.25, 0.3) is 0 Å². The molecule has 20 heavy (non-hydrogen) atoms. The molecule has 0 saturated heterocycles. The Morgan fingerprint density at radius 3 is 2.45 bits per heavy atom. The highest BCUT2D eigenvalue weighted by Gasteiger charge is 2.33. The molecule has 1 aliphatic carbocycles. The van der Waals surface area contributed by atoms with E-state index in [-0.39, 0.29) is 11.6 Å². The fraction of sp³-hybridized carbons (Fsp3) is 0.312. The topological polar surface area (TPSA) is 52.0 Å². The maximum Gasteiger partial charge on any atom is 0.214 e. The lowest BCUT2D eigenvalue weighted by Gasteiger charge is -2.15. The highest BCUT2D eigenvalue weighted by atomic mass is 16.1. The molecule has 0 aliphatic heterocycles. The molecule has 4 nitrogen and oxygen atoms in total. The largest absolute Gasteiger partial charge is 0.327 e. The van der Waals surface area contributed by atoms with E-state index in [2.05, 4.69) is 11.9 Å². The van der Waals surface area contributed by atoms with Crippen LogP contribution in [0.3, 0.4) is 0 Å². The van der Waals surface area contributed by atoms with Gasteiger partial charge in [0.25, 0.3) is 0 Å². The maximum absolute atomic E-state index is 12.6. The SMILES string of the molecule is CCCCCn1cnc2c1C(=O)c1ccccc1C2=O. The Morgan fingerprint density at radius 2 is 1.75 bits per heavy atom. The van der Waals surface area contributed by atoms with Crippen molar-refractivity contribution in [3.8, 4) is 0 Å². The number of ketones is 2. The normalized spacial score (nSPS) is 13.2. The molecular weight excluding hydrogens is 252 g/mol. The van der Waals surface area contributed by atoms with Gasteiger partial charge in [-0.25, -0.2) is 4.98 Å². The zero-order chi connectivity index (χ0) is 14.1. The molecule has 102 valence electrons. The van der Waals surface area contributed by atoms with Gasteiger partial charge in [0.2, 0.25) is 11.6 Å². The fourth-order valence-corrected chi connectivity index (χ4v) is 2.62. The van der Waals surface area contributed by atoms with Crippen LogP contribution in [0.15, 0.2) is 30.6 Å². The van der Waals surface area contributed by atoms with Gasteiger partial charge in [0.05, 0.1) is 6.33 Å². The van der Waals surface area contributed by atoms with E-state index < -0.39 is 0 Å². The summed E-state index contributed by atoms with van der Waals surface area (Å²) in [4.78, 5) is 29.1. The van der Waals surface area contributed by atoms with Gasteiger partial charge < -0.3 is 4.57 Å². The van der Waals surface area contributed by atoms with Crippen molar-refractivity contribution in [2.24, 2.45) is 0 Å². The van der Waals surface area contributed by atoms with Crippen molar-refractivity contribution in [2.75, 3.05) is 0 Å². The minimum Gasteiger partial charge on any atom is -0.327 e. The molecule has 1 heterocycles. The molecular formula is C16H16N2O2. The van der Waals surface area contributed by atoms with E-state index in [1.807, 2.05) is 4.57 Å². The fourth-order valence-electron chi connectivity index (χ4n) is 2.62. The Bertz CT molecular complexity index is 686. The molecule has 1 aliphatic rings. The van der Waals surface area contributed by atoms with Crippen molar-refractivity contribution in [3.05, 3.63) is 53.1 Å². The van der Waals surface area contributed by atoms with E-state index in [1.54, 1.807) is 30.6 Å². The second-order valence-corrected chi connectivity index (χ2v) is 5.05. The summed E-state index contributed by atoms with van der Waals surface area (Å²) >= 11 is 0. The zero-order valence-corrected chi connectivity index (χ0v) is 11.4. The second-order valence-electron chi connectivity index (χ2n) is 5.05. The van der Waals surface area contributed by atoms with Crippen LogP contribution in [-0.2, 0) is 6.54 Å². The van der Waals surface area contributed by atoms with Crippen molar-refractivity contribution < 1.29 is 9.59 Å². The Hall–Kier alpha value is -2.23. The summed E-state index contributed by atoms with van der Waals surface area (Å²) in [7, 11) is 0. The summed E-state index contributed by atoms with van der Waals surface area (Å²) in [5.74, 6) is -0.242. The molecule has 0 amide bonds. The van der Waals surface area contributed by atoms with E-state index >= 15 is 0 Å². The van der Waals surface area contributed by atoms with Crippen LogP contribution in [0.2, 0.25) is 0 Å². The van der Waals surface area contributed by atoms with Crippen LogP contribution >= 0.6 is 0 Å². The lowest BCUT2D eigenvalue weighted by molar-refractivity contribution is 0.0971. The highest BCUT2D eigenvalue weighted by molar-refractivity contribution is 6.27. The first kappa shape index (κ1) is 12.8. The zero-order valence-electron chi connectivity index (χ0n) is 11.4. The van der Waals surface area contributed by atoms with E-state index in [0.717, 1.165) is 25.8 Å². The summed E-state index contributed by atoms with van der Waals surface area (Å²) in [6, 6.07) is 6.95. The lowest BCUT2D eigenvalue weighted by atomic mass is 9.90. The Morgan fingerprint density at radius 1 is 1.05 bits per heavy atom. The molecule has 3 rings (SSSR count). The van der Waals surface area contributed by atoms with Gasteiger partial charge in [-0.1, -0.05) is 44.0 Å². The van der Waals surface area contributed by atoms with Crippen molar-refractivity contribution in [3.63, 3.8) is 0 Å². The third-order valence-electron chi connectivity index (χ3n) is 3.69. The van der Waals surface area contributed by atoms with Gasteiger partial charge in [-0.15, -0.1) is 0 Å². The Labute approximate surface area is 117 Å². The van der Waals surface area contributed by atoms with Crippen LogP contribution in [0.5, 0.6) is 0 Å². The average molecular weight is 268 g/mol. The Balaban J connectivity index is 2.02. The number of carbonyl (C=O) groups excluding carboxylic acids is 2. The van der Waals surface area contributed by atoms with Gasteiger partial charge in [-0.05, 0) is 6.42 Å². The maximum atomic E-state index is 12.6. The van der Waals surface area contributed by atoms with Crippen molar-refractivity contribution in [1.29, 1.82) is 0 Å². The second kappa shape index (κ2) is 5.04. The number of carbonyl (C=O) groups is 2. The summed E-state index contributed by atoms with van der Waals surface area (Å²) < 4.78 is 1.82. The Kier molecular flexibility index (Phi) is 3.22. The molecule has 2 aromatic rings. The lowest BCUT2D eigenvalue weighted by Crippen LogP contribution is -2.23. The van der Waals surface area contributed by atoms with Gasteiger partial charge in [0.1, 0.15) is 11.4 Å². The van der Waals surface area contributed by atoms with E-state index in [0.29, 0.717) is 22.5 Å². The third-order valence-corrected chi connectivity index (χ3v) is 3.69. The van der Waals surface area contributed by atoms with Crippen molar-refractivity contribution >= 4 is 11.6 Å². The van der Waals surface area contributed by atoms with Crippen LogP contribution in [-0.4, -0.2) is 21.1 Å². The van der Waals surface area contributed by atoms with E-state index in [4.69, 9.17) is 0 Å². The molecule has 0 bridgehead atoms. The average Bonchev–Trinajstić information content (AvgIpc) is 2.89. The minimum absolute atomic E-state index is 0.0933.